The fourth-order valence-corrected chi connectivity index (χ4v) is 0.822. The summed E-state index contributed by atoms with van der Waals surface area (Å²) in [5, 5.41) is 16.4. The molecule has 110 valence electrons. The highest BCUT2D eigenvalue weighted by atomic mass is 16.5. The molecule has 0 spiro atoms. The number of rotatable bonds is 10. The summed E-state index contributed by atoms with van der Waals surface area (Å²) in [6.45, 7) is 5.99. The Hall–Kier alpha value is -0.690. The third-order valence-corrected chi connectivity index (χ3v) is 1.65. The van der Waals surface area contributed by atoms with Crippen molar-refractivity contribution in [1.82, 2.24) is 0 Å². The second-order valence-electron chi connectivity index (χ2n) is 3.37. The van der Waals surface area contributed by atoms with Crippen LogP contribution in [0.1, 0.15) is 26.7 Å². The Balaban J connectivity index is 0. The maximum absolute atomic E-state index is 9.87. The van der Waals surface area contributed by atoms with Crippen LogP contribution in [0.5, 0.6) is 0 Å². The van der Waals surface area contributed by atoms with Gasteiger partial charge in [-0.15, -0.1) is 0 Å². The number of carbonyl (C=O) groups excluding carboxylic acids is 1. The van der Waals surface area contributed by atoms with E-state index in [0.29, 0.717) is 19.8 Å². The van der Waals surface area contributed by atoms with Crippen LogP contribution in [0.2, 0.25) is 0 Å². The van der Waals surface area contributed by atoms with Crippen molar-refractivity contribution in [2.24, 2.45) is 0 Å². The average molecular weight is 266 g/mol. The molecule has 0 saturated carbocycles. The van der Waals surface area contributed by atoms with Gasteiger partial charge in [0, 0.05) is 13.5 Å². The van der Waals surface area contributed by atoms with Gasteiger partial charge in [-0.25, -0.2) is 0 Å². The minimum Gasteiger partial charge on any atom is -0.463 e. The SMILES string of the molecule is CC(=O)OCCO.CCCCOCCOCCO. The Morgan fingerprint density at radius 1 is 0.944 bits per heavy atom. The number of ether oxygens (including phenoxy) is 3. The van der Waals surface area contributed by atoms with Gasteiger partial charge >= 0.3 is 5.97 Å². The van der Waals surface area contributed by atoms with E-state index in [2.05, 4.69) is 11.7 Å². The van der Waals surface area contributed by atoms with Gasteiger partial charge in [0.25, 0.3) is 0 Å². The molecule has 0 aliphatic carbocycles. The van der Waals surface area contributed by atoms with Crippen LogP contribution in [0.3, 0.4) is 0 Å². The monoisotopic (exact) mass is 266 g/mol. The summed E-state index contributed by atoms with van der Waals surface area (Å²) in [5.41, 5.74) is 0. The number of esters is 1. The normalized spacial score (nSPS) is 9.56. The van der Waals surface area contributed by atoms with Gasteiger partial charge in [0.2, 0.25) is 0 Å². The van der Waals surface area contributed by atoms with E-state index in [1.165, 1.54) is 6.92 Å². The first-order valence-corrected chi connectivity index (χ1v) is 6.19. The van der Waals surface area contributed by atoms with Crippen LogP contribution in [-0.4, -0.2) is 62.4 Å². The van der Waals surface area contributed by atoms with Crippen molar-refractivity contribution >= 4 is 5.97 Å². The molecule has 0 atom stereocenters. The summed E-state index contributed by atoms with van der Waals surface area (Å²) in [6, 6.07) is 0. The van der Waals surface area contributed by atoms with E-state index in [1.807, 2.05) is 0 Å². The Labute approximate surface area is 109 Å². The molecule has 0 radical (unpaired) electrons. The Morgan fingerprint density at radius 2 is 1.50 bits per heavy atom. The first-order chi connectivity index (χ1) is 8.68. The van der Waals surface area contributed by atoms with Crippen molar-refractivity contribution < 1.29 is 29.2 Å². The first-order valence-electron chi connectivity index (χ1n) is 6.19. The largest absolute Gasteiger partial charge is 0.463 e. The van der Waals surface area contributed by atoms with Crippen LogP contribution >= 0.6 is 0 Å². The summed E-state index contributed by atoms with van der Waals surface area (Å²) >= 11 is 0. The average Bonchev–Trinajstić information content (AvgIpc) is 2.36. The molecule has 0 amide bonds. The molecule has 0 bridgehead atoms. The number of unbranched alkanes of at least 4 members (excludes halogenated alkanes) is 1. The fourth-order valence-electron chi connectivity index (χ4n) is 0.822. The van der Waals surface area contributed by atoms with E-state index < -0.39 is 0 Å². The summed E-state index contributed by atoms with van der Waals surface area (Å²) in [6.07, 6.45) is 2.28. The van der Waals surface area contributed by atoms with Gasteiger partial charge in [0.05, 0.1) is 33.0 Å². The molecule has 18 heavy (non-hydrogen) atoms. The van der Waals surface area contributed by atoms with Crippen LogP contribution in [0.25, 0.3) is 0 Å². The van der Waals surface area contributed by atoms with Crippen molar-refractivity contribution in [1.29, 1.82) is 0 Å². The minimum atomic E-state index is -0.353. The zero-order chi connectivity index (χ0) is 14.1. The first kappa shape index (κ1) is 19.6. The smallest absolute Gasteiger partial charge is 0.302 e. The van der Waals surface area contributed by atoms with Crippen LogP contribution in [0, 0.1) is 0 Å². The molecule has 0 aromatic heterocycles. The summed E-state index contributed by atoms with van der Waals surface area (Å²) in [5.74, 6) is -0.353. The van der Waals surface area contributed by atoms with Crippen LogP contribution in [0.15, 0.2) is 0 Å². The summed E-state index contributed by atoms with van der Waals surface area (Å²) in [4.78, 5) is 9.87. The van der Waals surface area contributed by atoms with E-state index in [9.17, 15) is 4.79 Å². The van der Waals surface area contributed by atoms with E-state index in [4.69, 9.17) is 19.7 Å². The zero-order valence-corrected chi connectivity index (χ0v) is 11.4. The number of aliphatic hydroxyl groups is 2. The highest BCUT2D eigenvalue weighted by molar-refractivity contribution is 5.65. The molecule has 0 saturated heterocycles. The van der Waals surface area contributed by atoms with Gasteiger partial charge in [0.1, 0.15) is 6.61 Å². The molecular formula is C12H26O6. The lowest BCUT2D eigenvalue weighted by Gasteiger charge is -2.02. The maximum atomic E-state index is 9.87. The number of hydrogen-bond donors (Lipinski definition) is 2. The van der Waals surface area contributed by atoms with Crippen molar-refractivity contribution in [3.8, 4) is 0 Å². The third-order valence-electron chi connectivity index (χ3n) is 1.65. The predicted octanol–water partition coefficient (Wildman–Crippen LogP) is 0.354. The summed E-state index contributed by atoms with van der Waals surface area (Å²) in [7, 11) is 0. The van der Waals surface area contributed by atoms with Crippen molar-refractivity contribution in [2.45, 2.75) is 26.7 Å². The quantitative estimate of drug-likeness (QED) is 0.438. The lowest BCUT2D eigenvalue weighted by molar-refractivity contribution is -0.141. The van der Waals surface area contributed by atoms with E-state index in [-0.39, 0.29) is 25.8 Å². The van der Waals surface area contributed by atoms with E-state index in [0.717, 1.165) is 19.4 Å². The Kier molecular flexibility index (Phi) is 20.4. The van der Waals surface area contributed by atoms with Gasteiger partial charge in [0.15, 0.2) is 0 Å². The Morgan fingerprint density at radius 3 is 1.89 bits per heavy atom. The van der Waals surface area contributed by atoms with Crippen LogP contribution < -0.4 is 0 Å². The molecule has 0 aliphatic heterocycles. The van der Waals surface area contributed by atoms with Crippen molar-refractivity contribution in [3.63, 3.8) is 0 Å². The molecule has 2 N–H and O–H groups in total. The molecule has 0 aromatic carbocycles. The molecule has 0 rings (SSSR count). The standard InChI is InChI=1S/C8H18O3.C4H8O3/c1-2-3-5-10-7-8-11-6-4-9;1-4(6)7-3-2-5/h9H,2-8H2,1H3;5H,2-3H2,1H3. The molecule has 0 aromatic rings. The van der Waals surface area contributed by atoms with Gasteiger partial charge in [-0.1, -0.05) is 13.3 Å². The van der Waals surface area contributed by atoms with E-state index >= 15 is 0 Å². The van der Waals surface area contributed by atoms with E-state index in [1.54, 1.807) is 0 Å². The lowest BCUT2D eigenvalue weighted by Crippen LogP contribution is -2.07. The van der Waals surface area contributed by atoms with Crippen molar-refractivity contribution in [3.05, 3.63) is 0 Å². The minimum absolute atomic E-state index is 0.0922. The van der Waals surface area contributed by atoms with Crippen LogP contribution in [-0.2, 0) is 19.0 Å². The molecule has 0 unspecified atom stereocenters. The molecule has 6 nitrogen and oxygen atoms in total. The molecule has 0 fully saturated rings. The fraction of sp³-hybridized carbons (Fsp3) is 0.917. The zero-order valence-electron chi connectivity index (χ0n) is 11.4. The second-order valence-corrected chi connectivity index (χ2v) is 3.37. The second kappa shape index (κ2) is 18.7. The maximum Gasteiger partial charge on any atom is 0.302 e. The number of aliphatic hydroxyl groups excluding tert-OH is 2. The highest BCUT2D eigenvalue weighted by Crippen LogP contribution is 1.87. The molecule has 0 heterocycles. The van der Waals surface area contributed by atoms with Crippen molar-refractivity contribution in [2.75, 3.05) is 46.2 Å². The summed E-state index contributed by atoms with van der Waals surface area (Å²) < 4.78 is 14.5. The van der Waals surface area contributed by atoms with Gasteiger partial charge in [-0.05, 0) is 6.42 Å². The van der Waals surface area contributed by atoms with Gasteiger partial charge < -0.3 is 24.4 Å². The lowest BCUT2D eigenvalue weighted by atomic mass is 10.4. The highest BCUT2D eigenvalue weighted by Gasteiger charge is 1.88. The number of carbonyl (C=O) groups is 1. The van der Waals surface area contributed by atoms with Gasteiger partial charge in [-0.2, -0.15) is 0 Å². The molecular weight excluding hydrogens is 240 g/mol. The third kappa shape index (κ3) is 24.5. The topological polar surface area (TPSA) is 85.2 Å². The Bertz CT molecular complexity index is 155. The predicted molar refractivity (Wildman–Crippen MR) is 67.4 cm³/mol. The number of hydrogen-bond acceptors (Lipinski definition) is 6. The molecule has 0 aliphatic rings. The molecule has 6 heteroatoms. The van der Waals surface area contributed by atoms with Crippen LogP contribution in [0.4, 0.5) is 0 Å². The van der Waals surface area contributed by atoms with Gasteiger partial charge in [-0.3, -0.25) is 4.79 Å².